The largest absolute Gasteiger partial charge is 0.352 e. The summed E-state index contributed by atoms with van der Waals surface area (Å²) in [5.41, 5.74) is 2.43. The van der Waals surface area contributed by atoms with Gasteiger partial charge >= 0.3 is 0 Å². The molecule has 0 spiro atoms. The second-order valence-corrected chi connectivity index (χ2v) is 6.24. The molecule has 0 unspecified atom stereocenters. The Kier molecular flexibility index (Phi) is 6.38. The maximum absolute atomic E-state index is 12.1. The second-order valence-electron chi connectivity index (χ2n) is 5.80. The Bertz CT molecular complexity index is 712. The molecule has 2 N–H and O–H groups in total. The zero-order valence-electron chi connectivity index (χ0n) is 13.8. The number of hydrogen-bond donors (Lipinski definition) is 2. The third-order valence-electron chi connectivity index (χ3n) is 3.60. The van der Waals surface area contributed by atoms with E-state index in [-0.39, 0.29) is 24.8 Å². The van der Waals surface area contributed by atoms with Gasteiger partial charge in [0.15, 0.2) is 0 Å². The first kappa shape index (κ1) is 18.0. The van der Waals surface area contributed by atoms with Gasteiger partial charge in [0, 0.05) is 29.2 Å². The van der Waals surface area contributed by atoms with E-state index in [2.05, 4.69) is 24.5 Å². The minimum absolute atomic E-state index is 0.125. The average molecular weight is 345 g/mol. The Labute approximate surface area is 147 Å². The lowest BCUT2D eigenvalue weighted by Crippen LogP contribution is -2.27. The molecule has 0 saturated heterocycles. The lowest BCUT2D eigenvalue weighted by Gasteiger charge is -2.13. The molecule has 0 fully saturated rings. The molecule has 0 aromatic heterocycles. The van der Waals surface area contributed by atoms with Gasteiger partial charge in [-0.25, -0.2) is 0 Å². The van der Waals surface area contributed by atoms with Crippen LogP contribution in [0.15, 0.2) is 48.5 Å². The van der Waals surface area contributed by atoms with Crippen molar-refractivity contribution >= 4 is 29.1 Å². The van der Waals surface area contributed by atoms with Crippen molar-refractivity contribution in [3.63, 3.8) is 0 Å². The summed E-state index contributed by atoms with van der Waals surface area (Å²) in [4.78, 5) is 24.0. The molecule has 24 heavy (non-hydrogen) atoms. The first-order valence-corrected chi connectivity index (χ1v) is 8.27. The molecule has 0 aliphatic heterocycles. The van der Waals surface area contributed by atoms with Crippen LogP contribution in [-0.4, -0.2) is 18.4 Å². The van der Waals surface area contributed by atoms with Gasteiger partial charge in [0.2, 0.25) is 5.91 Å². The van der Waals surface area contributed by atoms with Gasteiger partial charge in [-0.15, -0.1) is 0 Å². The summed E-state index contributed by atoms with van der Waals surface area (Å²) in [5.74, 6) is -0.0207. The highest BCUT2D eigenvalue weighted by molar-refractivity contribution is 6.30. The zero-order valence-corrected chi connectivity index (χ0v) is 14.6. The van der Waals surface area contributed by atoms with E-state index in [0.29, 0.717) is 16.5 Å². The lowest BCUT2D eigenvalue weighted by molar-refractivity contribution is -0.116. The van der Waals surface area contributed by atoms with E-state index in [0.717, 1.165) is 11.3 Å². The molecule has 0 aliphatic carbocycles. The number of hydrogen-bond acceptors (Lipinski definition) is 2. The van der Waals surface area contributed by atoms with Crippen LogP contribution >= 0.6 is 11.6 Å². The molecule has 126 valence electrons. The number of para-hydroxylation sites is 1. The summed E-state index contributed by atoms with van der Waals surface area (Å²) in [6, 6.07) is 14.4. The predicted octanol–water partition coefficient (Wildman–Crippen LogP) is 4.22. The summed E-state index contributed by atoms with van der Waals surface area (Å²) in [7, 11) is 0. The summed E-state index contributed by atoms with van der Waals surface area (Å²) >= 11 is 5.79. The number of anilines is 1. The van der Waals surface area contributed by atoms with E-state index >= 15 is 0 Å². The Balaban J connectivity index is 1.83. The molecule has 0 radical (unpaired) electrons. The van der Waals surface area contributed by atoms with Crippen LogP contribution in [0.2, 0.25) is 5.02 Å². The van der Waals surface area contributed by atoms with Crippen LogP contribution < -0.4 is 10.6 Å². The van der Waals surface area contributed by atoms with Crippen LogP contribution in [-0.2, 0) is 4.79 Å². The summed E-state index contributed by atoms with van der Waals surface area (Å²) in [6.07, 6.45) is 0.214. The van der Waals surface area contributed by atoms with E-state index in [4.69, 9.17) is 11.6 Å². The molecule has 2 aromatic carbocycles. The Morgan fingerprint density at radius 2 is 1.71 bits per heavy atom. The normalized spacial score (nSPS) is 10.5. The quantitative estimate of drug-likeness (QED) is 0.824. The average Bonchev–Trinajstić information content (AvgIpc) is 2.55. The molecule has 2 amide bonds. The molecule has 5 heteroatoms. The first-order valence-electron chi connectivity index (χ1n) is 7.90. The monoisotopic (exact) mass is 344 g/mol. The van der Waals surface area contributed by atoms with Crippen molar-refractivity contribution in [1.82, 2.24) is 5.32 Å². The molecule has 0 saturated carbocycles. The van der Waals surface area contributed by atoms with Gasteiger partial charge in [-0.2, -0.15) is 0 Å². The van der Waals surface area contributed by atoms with E-state index in [1.165, 1.54) is 0 Å². The third-order valence-corrected chi connectivity index (χ3v) is 3.85. The molecule has 0 atom stereocenters. The van der Waals surface area contributed by atoms with Crippen LogP contribution in [0.4, 0.5) is 5.69 Å². The molecule has 4 nitrogen and oxygen atoms in total. The maximum Gasteiger partial charge on any atom is 0.251 e. The Morgan fingerprint density at radius 1 is 1.04 bits per heavy atom. The van der Waals surface area contributed by atoms with Crippen molar-refractivity contribution in [1.29, 1.82) is 0 Å². The number of carbonyl (C=O) groups excluding carboxylic acids is 2. The number of halogens is 1. The SMILES string of the molecule is CC(C)c1ccccc1NC(=O)CCNC(=O)c1ccc(Cl)cc1. The summed E-state index contributed by atoms with van der Waals surface area (Å²) < 4.78 is 0. The summed E-state index contributed by atoms with van der Waals surface area (Å²) in [6.45, 7) is 4.44. The van der Waals surface area contributed by atoms with Crippen LogP contribution in [0, 0.1) is 0 Å². The number of nitrogens with one attached hydrogen (secondary N) is 2. The van der Waals surface area contributed by atoms with E-state index in [1.807, 2.05) is 24.3 Å². The Hall–Kier alpha value is -2.33. The van der Waals surface area contributed by atoms with Crippen LogP contribution in [0.3, 0.4) is 0 Å². The predicted molar refractivity (Wildman–Crippen MR) is 97.6 cm³/mol. The molecule has 2 aromatic rings. The van der Waals surface area contributed by atoms with Crippen molar-refractivity contribution in [3.05, 3.63) is 64.7 Å². The molecule has 0 heterocycles. The number of benzene rings is 2. The van der Waals surface area contributed by atoms with Crippen molar-refractivity contribution in [3.8, 4) is 0 Å². The van der Waals surface area contributed by atoms with Crippen molar-refractivity contribution < 1.29 is 9.59 Å². The van der Waals surface area contributed by atoms with E-state index in [9.17, 15) is 9.59 Å². The van der Waals surface area contributed by atoms with Gasteiger partial charge in [0.1, 0.15) is 0 Å². The number of carbonyl (C=O) groups is 2. The van der Waals surface area contributed by atoms with Crippen molar-refractivity contribution in [2.75, 3.05) is 11.9 Å². The molecule has 2 rings (SSSR count). The van der Waals surface area contributed by atoms with Gasteiger partial charge in [0.25, 0.3) is 5.91 Å². The highest BCUT2D eigenvalue weighted by Crippen LogP contribution is 2.23. The fourth-order valence-corrected chi connectivity index (χ4v) is 2.45. The standard InChI is InChI=1S/C19H21ClN2O2/c1-13(2)16-5-3-4-6-17(16)22-18(23)11-12-21-19(24)14-7-9-15(20)10-8-14/h3-10,13H,11-12H2,1-2H3,(H,21,24)(H,22,23). The lowest BCUT2D eigenvalue weighted by atomic mass is 10.0. The smallest absolute Gasteiger partial charge is 0.251 e. The highest BCUT2D eigenvalue weighted by Gasteiger charge is 2.10. The van der Waals surface area contributed by atoms with Gasteiger partial charge in [-0.05, 0) is 41.8 Å². The number of rotatable bonds is 6. The van der Waals surface area contributed by atoms with Crippen molar-refractivity contribution in [2.24, 2.45) is 0 Å². The second kappa shape index (κ2) is 8.50. The fourth-order valence-electron chi connectivity index (χ4n) is 2.32. The minimum Gasteiger partial charge on any atom is -0.352 e. The maximum atomic E-state index is 12.1. The Morgan fingerprint density at radius 3 is 2.38 bits per heavy atom. The van der Waals surface area contributed by atoms with Crippen LogP contribution in [0.1, 0.15) is 42.1 Å². The topological polar surface area (TPSA) is 58.2 Å². The highest BCUT2D eigenvalue weighted by atomic mass is 35.5. The number of amides is 2. The van der Waals surface area contributed by atoms with Crippen LogP contribution in [0.5, 0.6) is 0 Å². The molecule has 0 bridgehead atoms. The first-order chi connectivity index (χ1) is 11.5. The molecular weight excluding hydrogens is 324 g/mol. The summed E-state index contributed by atoms with van der Waals surface area (Å²) in [5, 5.41) is 6.21. The van der Waals surface area contributed by atoms with Gasteiger partial charge in [-0.3, -0.25) is 9.59 Å². The molecular formula is C19H21ClN2O2. The fraction of sp³-hybridized carbons (Fsp3) is 0.263. The van der Waals surface area contributed by atoms with Crippen molar-refractivity contribution in [2.45, 2.75) is 26.2 Å². The van der Waals surface area contributed by atoms with Gasteiger partial charge in [-0.1, -0.05) is 43.6 Å². The minimum atomic E-state index is -0.220. The van der Waals surface area contributed by atoms with Gasteiger partial charge < -0.3 is 10.6 Å². The van der Waals surface area contributed by atoms with E-state index < -0.39 is 0 Å². The third kappa shape index (κ3) is 5.10. The van der Waals surface area contributed by atoms with Crippen LogP contribution in [0.25, 0.3) is 0 Å². The van der Waals surface area contributed by atoms with E-state index in [1.54, 1.807) is 24.3 Å². The molecule has 0 aliphatic rings. The van der Waals surface area contributed by atoms with Gasteiger partial charge in [0.05, 0.1) is 0 Å². The zero-order chi connectivity index (χ0) is 17.5.